The predicted octanol–water partition coefficient (Wildman–Crippen LogP) is 3.09. The second kappa shape index (κ2) is 6.32. The summed E-state index contributed by atoms with van der Waals surface area (Å²) in [6.07, 6.45) is 0. The van der Waals surface area contributed by atoms with Crippen molar-refractivity contribution in [3.05, 3.63) is 34.6 Å². The second-order valence-electron chi connectivity index (χ2n) is 4.75. The Morgan fingerprint density at radius 1 is 1.35 bits per heavy atom. The summed E-state index contributed by atoms with van der Waals surface area (Å²) in [5.41, 5.74) is 0.944. The zero-order valence-corrected chi connectivity index (χ0v) is 14.0. The Morgan fingerprint density at radius 3 is 2.48 bits per heavy atom. The standard InChI is InChI=1S/C13H14ClF2N3O3S/c1-7-12(8(2)19(3)17-7)23(20,21)18-9-4-5-11(10(14)6-9)22-13(15)16/h4-6,13,18H,1-3H3. The van der Waals surface area contributed by atoms with Crippen LogP contribution in [0.2, 0.25) is 5.02 Å². The molecule has 0 spiro atoms. The van der Waals surface area contributed by atoms with Gasteiger partial charge in [-0.3, -0.25) is 9.40 Å². The first-order valence-corrected chi connectivity index (χ1v) is 8.25. The van der Waals surface area contributed by atoms with Gasteiger partial charge in [-0.25, -0.2) is 8.42 Å². The van der Waals surface area contributed by atoms with E-state index in [2.05, 4.69) is 14.6 Å². The SMILES string of the molecule is Cc1nn(C)c(C)c1S(=O)(=O)Nc1ccc(OC(F)F)c(Cl)c1. The number of aromatic nitrogens is 2. The summed E-state index contributed by atoms with van der Waals surface area (Å²) in [6.45, 7) is 0.186. The van der Waals surface area contributed by atoms with E-state index in [1.165, 1.54) is 16.8 Å². The van der Waals surface area contributed by atoms with E-state index in [-0.39, 0.29) is 21.4 Å². The smallest absolute Gasteiger partial charge is 0.387 e. The molecule has 0 bridgehead atoms. The van der Waals surface area contributed by atoms with Gasteiger partial charge in [0.05, 0.1) is 22.1 Å². The minimum Gasteiger partial charge on any atom is -0.433 e. The van der Waals surface area contributed by atoms with Crippen LogP contribution in [0.1, 0.15) is 11.4 Å². The van der Waals surface area contributed by atoms with Gasteiger partial charge in [-0.2, -0.15) is 13.9 Å². The highest BCUT2D eigenvalue weighted by Gasteiger charge is 2.24. The topological polar surface area (TPSA) is 73.2 Å². The summed E-state index contributed by atoms with van der Waals surface area (Å²) in [4.78, 5) is 0.0593. The Hall–Kier alpha value is -1.87. The molecule has 0 atom stereocenters. The molecule has 1 aromatic carbocycles. The third kappa shape index (κ3) is 3.73. The lowest BCUT2D eigenvalue weighted by molar-refractivity contribution is -0.0497. The van der Waals surface area contributed by atoms with Crippen molar-refractivity contribution in [2.45, 2.75) is 25.4 Å². The molecular weight excluding hydrogens is 352 g/mol. The first kappa shape index (κ1) is 17.5. The van der Waals surface area contributed by atoms with Gasteiger partial charge in [-0.05, 0) is 32.0 Å². The summed E-state index contributed by atoms with van der Waals surface area (Å²) in [5, 5.41) is 3.92. The predicted molar refractivity (Wildman–Crippen MR) is 81.6 cm³/mol. The molecule has 1 N–H and O–H groups in total. The number of hydrogen-bond donors (Lipinski definition) is 1. The van der Waals surface area contributed by atoms with Gasteiger partial charge in [0.25, 0.3) is 10.0 Å². The fraction of sp³-hybridized carbons (Fsp3) is 0.308. The van der Waals surface area contributed by atoms with E-state index in [0.717, 1.165) is 6.07 Å². The maximum absolute atomic E-state index is 12.5. The number of nitrogens with zero attached hydrogens (tertiary/aromatic N) is 2. The number of aryl methyl sites for hydroxylation is 2. The molecule has 6 nitrogen and oxygen atoms in total. The van der Waals surface area contributed by atoms with Gasteiger partial charge in [-0.15, -0.1) is 0 Å². The first-order chi connectivity index (χ1) is 10.6. The molecule has 23 heavy (non-hydrogen) atoms. The van der Waals surface area contributed by atoms with Gasteiger partial charge in [0.1, 0.15) is 10.6 Å². The van der Waals surface area contributed by atoms with Crippen LogP contribution in [0.15, 0.2) is 23.1 Å². The van der Waals surface area contributed by atoms with Crippen LogP contribution in [0.5, 0.6) is 5.75 Å². The third-order valence-electron chi connectivity index (χ3n) is 3.11. The Morgan fingerprint density at radius 2 is 2.00 bits per heavy atom. The molecule has 126 valence electrons. The van der Waals surface area contributed by atoms with Gasteiger partial charge in [0.15, 0.2) is 0 Å². The zero-order valence-electron chi connectivity index (χ0n) is 12.5. The van der Waals surface area contributed by atoms with Gasteiger partial charge >= 0.3 is 6.61 Å². The molecule has 2 rings (SSSR count). The van der Waals surface area contributed by atoms with E-state index >= 15 is 0 Å². The quantitative estimate of drug-likeness (QED) is 0.883. The van der Waals surface area contributed by atoms with Gasteiger partial charge in [-0.1, -0.05) is 11.6 Å². The first-order valence-electron chi connectivity index (χ1n) is 6.39. The summed E-state index contributed by atoms with van der Waals surface area (Å²) in [6, 6.07) is 3.63. The van der Waals surface area contributed by atoms with Crippen LogP contribution in [-0.2, 0) is 17.1 Å². The van der Waals surface area contributed by atoms with Crippen molar-refractivity contribution in [2.24, 2.45) is 7.05 Å². The average Bonchev–Trinajstić information content (AvgIpc) is 2.66. The highest BCUT2D eigenvalue weighted by Crippen LogP contribution is 2.30. The maximum Gasteiger partial charge on any atom is 0.387 e. The molecule has 2 aromatic rings. The Kier molecular flexibility index (Phi) is 4.81. The van der Waals surface area contributed by atoms with E-state index in [4.69, 9.17) is 11.6 Å². The molecule has 0 aliphatic rings. The average molecular weight is 366 g/mol. The molecule has 0 saturated carbocycles. The second-order valence-corrected chi connectivity index (χ2v) is 6.78. The molecule has 0 aliphatic heterocycles. The summed E-state index contributed by atoms with van der Waals surface area (Å²) in [5.74, 6) is -0.238. The maximum atomic E-state index is 12.5. The minimum absolute atomic E-state index is 0.0593. The molecule has 0 radical (unpaired) electrons. The lowest BCUT2D eigenvalue weighted by atomic mass is 10.3. The number of sulfonamides is 1. The Labute approximate surface area is 137 Å². The zero-order chi connectivity index (χ0) is 17.4. The monoisotopic (exact) mass is 365 g/mol. The van der Waals surface area contributed by atoms with Gasteiger partial charge in [0, 0.05) is 7.05 Å². The fourth-order valence-electron chi connectivity index (χ4n) is 2.11. The van der Waals surface area contributed by atoms with Gasteiger partial charge in [0.2, 0.25) is 0 Å². The van der Waals surface area contributed by atoms with E-state index in [1.807, 2.05) is 0 Å². The summed E-state index contributed by atoms with van der Waals surface area (Å²) < 4.78 is 57.3. The largest absolute Gasteiger partial charge is 0.433 e. The van der Waals surface area contributed by atoms with Crippen molar-refractivity contribution in [3.8, 4) is 5.75 Å². The Bertz CT molecular complexity index is 837. The number of halogens is 3. The molecule has 1 aromatic heterocycles. The van der Waals surface area contributed by atoms with Crippen molar-refractivity contribution in [2.75, 3.05) is 4.72 Å². The third-order valence-corrected chi connectivity index (χ3v) is 5.04. The van der Waals surface area contributed by atoms with Crippen LogP contribution >= 0.6 is 11.6 Å². The van der Waals surface area contributed by atoms with Crippen molar-refractivity contribution in [1.82, 2.24) is 9.78 Å². The summed E-state index contributed by atoms with van der Waals surface area (Å²) in [7, 11) is -2.25. The van der Waals surface area contributed by atoms with E-state index in [0.29, 0.717) is 11.4 Å². The lowest BCUT2D eigenvalue weighted by Gasteiger charge is -2.11. The van der Waals surface area contributed by atoms with Crippen molar-refractivity contribution in [1.29, 1.82) is 0 Å². The lowest BCUT2D eigenvalue weighted by Crippen LogP contribution is -2.15. The molecular formula is C13H14ClF2N3O3S. The van der Waals surface area contributed by atoms with Crippen LogP contribution in [0.25, 0.3) is 0 Å². The number of benzene rings is 1. The molecule has 10 heteroatoms. The highest BCUT2D eigenvalue weighted by molar-refractivity contribution is 7.92. The molecule has 0 amide bonds. The number of alkyl halides is 2. The molecule has 0 aliphatic carbocycles. The van der Waals surface area contributed by atoms with Crippen molar-refractivity contribution >= 4 is 27.3 Å². The summed E-state index contributed by atoms with van der Waals surface area (Å²) >= 11 is 5.81. The number of nitrogens with one attached hydrogen (secondary N) is 1. The number of ether oxygens (including phenoxy) is 1. The van der Waals surface area contributed by atoms with Crippen LogP contribution in [0.3, 0.4) is 0 Å². The van der Waals surface area contributed by atoms with Crippen molar-refractivity contribution < 1.29 is 21.9 Å². The van der Waals surface area contributed by atoms with Crippen LogP contribution in [0.4, 0.5) is 14.5 Å². The van der Waals surface area contributed by atoms with E-state index in [1.54, 1.807) is 20.9 Å². The fourth-order valence-corrected chi connectivity index (χ4v) is 3.82. The van der Waals surface area contributed by atoms with E-state index < -0.39 is 16.6 Å². The molecule has 1 heterocycles. The van der Waals surface area contributed by atoms with Crippen LogP contribution < -0.4 is 9.46 Å². The van der Waals surface area contributed by atoms with Crippen LogP contribution in [0, 0.1) is 13.8 Å². The van der Waals surface area contributed by atoms with Crippen LogP contribution in [-0.4, -0.2) is 24.8 Å². The number of anilines is 1. The molecule has 0 saturated heterocycles. The van der Waals surface area contributed by atoms with Gasteiger partial charge < -0.3 is 4.74 Å². The Balaban J connectivity index is 2.33. The molecule has 0 unspecified atom stereocenters. The van der Waals surface area contributed by atoms with Crippen molar-refractivity contribution in [3.63, 3.8) is 0 Å². The number of hydrogen-bond acceptors (Lipinski definition) is 4. The normalized spacial score (nSPS) is 11.8. The highest BCUT2D eigenvalue weighted by atomic mass is 35.5. The molecule has 0 fully saturated rings. The minimum atomic E-state index is -3.89. The number of rotatable bonds is 5. The van der Waals surface area contributed by atoms with E-state index in [9.17, 15) is 17.2 Å².